The van der Waals surface area contributed by atoms with Crippen LogP contribution in [-0.2, 0) is 14.3 Å². The lowest BCUT2D eigenvalue weighted by Crippen LogP contribution is -2.17. The van der Waals surface area contributed by atoms with Crippen molar-refractivity contribution in [2.24, 2.45) is 11.8 Å². The fourth-order valence-corrected chi connectivity index (χ4v) is 8.31. The van der Waals surface area contributed by atoms with E-state index in [1.54, 1.807) is 0 Å². The van der Waals surface area contributed by atoms with Crippen molar-refractivity contribution in [2.45, 2.75) is 89.9 Å². The monoisotopic (exact) mass is 826 g/mol. The van der Waals surface area contributed by atoms with E-state index >= 15 is 0 Å². The molecule has 2 saturated carbocycles. The van der Waals surface area contributed by atoms with Crippen LogP contribution in [-0.4, -0.2) is 77.7 Å². The molecule has 61 heavy (non-hydrogen) atoms. The van der Waals surface area contributed by atoms with E-state index in [2.05, 4.69) is 66.8 Å². The lowest BCUT2D eigenvalue weighted by atomic mass is 9.79. The van der Waals surface area contributed by atoms with Gasteiger partial charge in [-0.15, -0.1) is 10.2 Å². The number of nitrogens with zero attached hydrogens (tertiary/aromatic N) is 6. The number of methoxy groups -OCH3 is 1. The molecule has 14 heteroatoms. The molecule has 0 aliphatic heterocycles. The standard InChI is InChI=1S/C24H28N4O3.C23H26N4O3/c1-3-31-24-26-23(27-28-24)19-10-8-17(9-11-19)20-12-13-21(25-15-20)18-6-4-16(5-7-18)14-22(29)30-2;1-2-30-23-25-22(26-27-23)18-9-7-16(8-10-18)19-11-12-20(24-14-19)17-5-3-15(4-6-17)13-21(28)29/h8-13,15-16,18H,3-7,14H2,1-2H3,(H,26,27,28);7-12,14-15,17H,2-6,13H2,1H3,(H,28,29)(H,25,26,27). The van der Waals surface area contributed by atoms with E-state index in [1.807, 2.05) is 62.6 Å². The third-order valence-corrected chi connectivity index (χ3v) is 11.7. The SMILES string of the molecule is CCOc1n[nH]c(-c2ccc(-c3ccc(C4CCC(CC(=O)O)CC4)nc3)cc2)n1.CCOc1n[nH]c(-c2ccc(-c3ccc(C4CCC(CC(=O)OC)CC4)nc3)cc2)n1. The van der Waals surface area contributed by atoms with Crippen molar-refractivity contribution >= 4 is 11.9 Å². The van der Waals surface area contributed by atoms with Crippen LogP contribution in [0.4, 0.5) is 0 Å². The summed E-state index contributed by atoms with van der Waals surface area (Å²) in [6.07, 6.45) is 12.9. The van der Waals surface area contributed by atoms with Crippen molar-refractivity contribution < 1.29 is 28.9 Å². The molecular formula is C47H54N8O6. The second-order valence-electron chi connectivity index (χ2n) is 15.7. The second kappa shape index (κ2) is 20.7. The molecule has 2 fully saturated rings. The van der Waals surface area contributed by atoms with Gasteiger partial charge in [0, 0.05) is 70.7 Å². The molecule has 4 aromatic heterocycles. The normalized spacial score (nSPS) is 18.7. The van der Waals surface area contributed by atoms with Crippen LogP contribution in [0.15, 0.2) is 85.2 Å². The summed E-state index contributed by atoms with van der Waals surface area (Å²) in [4.78, 5) is 40.5. The number of rotatable bonds is 14. The molecule has 2 aliphatic carbocycles. The maximum Gasteiger partial charge on any atom is 0.335 e. The second-order valence-corrected chi connectivity index (χ2v) is 15.7. The van der Waals surface area contributed by atoms with Gasteiger partial charge in [0.05, 0.1) is 20.3 Å². The zero-order valence-electron chi connectivity index (χ0n) is 35.0. The molecule has 0 atom stereocenters. The average Bonchev–Trinajstić information content (AvgIpc) is 3.98. The van der Waals surface area contributed by atoms with Gasteiger partial charge in [0.25, 0.3) is 0 Å². The van der Waals surface area contributed by atoms with Crippen LogP contribution in [0.3, 0.4) is 0 Å². The number of carboxylic acids is 1. The number of carbonyl (C=O) groups excluding carboxylic acids is 1. The van der Waals surface area contributed by atoms with Crippen molar-refractivity contribution in [1.29, 1.82) is 0 Å². The Morgan fingerprint density at radius 2 is 0.967 bits per heavy atom. The van der Waals surface area contributed by atoms with Gasteiger partial charge < -0.3 is 19.3 Å². The number of carboxylic acid groups (broad SMARTS) is 1. The molecule has 318 valence electrons. The first-order valence-electron chi connectivity index (χ1n) is 21.3. The van der Waals surface area contributed by atoms with E-state index in [0.717, 1.165) is 96.1 Å². The maximum atomic E-state index is 11.5. The van der Waals surface area contributed by atoms with Gasteiger partial charge in [-0.25, -0.2) is 0 Å². The first-order chi connectivity index (χ1) is 29.8. The van der Waals surface area contributed by atoms with Crippen LogP contribution in [0.2, 0.25) is 0 Å². The highest BCUT2D eigenvalue weighted by molar-refractivity contribution is 5.70. The van der Waals surface area contributed by atoms with E-state index in [-0.39, 0.29) is 12.4 Å². The molecule has 14 nitrogen and oxygen atoms in total. The summed E-state index contributed by atoms with van der Waals surface area (Å²) in [5, 5.41) is 22.8. The lowest BCUT2D eigenvalue weighted by Gasteiger charge is -2.27. The summed E-state index contributed by atoms with van der Waals surface area (Å²) in [6.45, 7) is 4.87. The average molecular weight is 827 g/mol. The maximum absolute atomic E-state index is 11.5. The highest BCUT2D eigenvalue weighted by Crippen LogP contribution is 2.38. The van der Waals surface area contributed by atoms with E-state index in [4.69, 9.17) is 29.3 Å². The third kappa shape index (κ3) is 11.4. The zero-order valence-corrected chi connectivity index (χ0v) is 35.0. The van der Waals surface area contributed by atoms with Gasteiger partial charge >= 0.3 is 24.0 Å². The van der Waals surface area contributed by atoms with Crippen molar-refractivity contribution in [2.75, 3.05) is 20.3 Å². The molecule has 2 aromatic carbocycles. The highest BCUT2D eigenvalue weighted by atomic mass is 16.5. The number of aromatic amines is 2. The molecule has 0 unspecified atom stereocenters. The zero-order chi connectivity index (χ0) is 42.6. The number of carbonyl (C=O) groups is 2. The molecule has 4 heterocycles. The Hall–Kier alpha value is -6.44. The number of H-pyrrole nitrogens is 2. The Balaban J connectivity index is 0.000000184. The molecule has 0 saturated heterocycles. The number of hydrogen-bond acceptors (Lipinski definition) is 11. The topological polar surface area (TPSA) is 191 Å². The molecule has 0 bridgehead atoms. The van der Waals surface area contributed by atoms with Crippen molar-refractivity contribution in [1.82, 2.24) is 40.3 Å². The molecular weight excluding hydrogens is 773 g/mol. The Kier molecular flexibility index (Phi) is 14.5. The molecule has 3 N–H and O–H groups in total. The number of aliphatic carboxylic acids is 1. The van der Waals surface area contributed by atoms with E-state index in [1.165, 1.54) is 7.11 Å². The number of ether oxygens (including phenoxy) is 3. The Morgan fingerprint density at radius 1 is 0.574 bits per heavy atom. The molecule has 2 aliphatic rings. The molecule has 0 radical (unpaired) electrons. The van der Waals surface area contributed by atoms with E-state index in [0.29, 0.717) is 67.0 Å². The minimum Gasteiger partial charge on any atom is -0.481 e. The van der Waals surface area contributed by atoms with Crippen LogP contribution in [0.1, 0.15) is 101 Å². The van der Waals surface area contributed by atoms with Gasteiger partial charge in [-0.1, -0.05) is 60.7 Å². The Bertz CT molecular complexity index is 2290. The smallest absolute Gasteiger partial charge is 0.335 e. The molecule has 0 spiro atoms. The number of esters is 1. The third-order valence-electron chi connectivity index (χ3n) is 11.7. The van der Waals surface area contributed by atoms with E-state index in [9.17, 15) is 9.59 Å². The Morgan fingerprint density at radius 3 is 1.33 bits per heavy atom. The van der Waals surface area contributed by atoms with Crippen LogP contribution in [0.5, 0.6) is 12.0 Å². The van der Waals surface area contributed by atoms with Gasteiger partial charge in [0.15, 0.2) is 11.6 Å². The molecule has 0 amide bonds. The molecule has 8 rings (SSSR count). The summed E-state index contributed by atoms with van der Waals surface area (Å²) < 4.78 is 15.4. The predicted octanol–water partition coefficient (Wildman–Crippen LogP) is 9.45. The van der Waals surface area contributed by atoms with Crippen molar-refractivity contribution in [3.8, 4) is 57.1 Å². The van der Waals surface area contributed by atoms with E-state index < -0.39 is 5.97 Å². The van der Waals surface area contributed by atoms with Gasteiger partial charge in [0.1, 0.15) is 0 Å². The number of hydrogen-bond donors (Lipinski definition) is 3. The number of benzene rings is 2. The summed E-state index contributed by atoms with van der Waals surface area (Å²) in [5.41, 5.74) is 8.49. The predicted molar refractivity (Wildman–Crippen MR) is 231 cm³/mol. The highest BCUT2D eigenvalue weighted by Gasteiger charge is 2.26. The summed E-state index contributed by atoms with van der Waals surface area (Å²) >= 11 is 0. The van der Waals surface area contributed by atoms with Gasteiger partial charge in [-0.05, 0) is 100 Å². The fourth-order valence-electron chi connectivity index (χ4n) is 8.31. The van der Waals surface area contributed by atoms with Gasteiger partial charge in [-0.3, -0.25) is 29.8 Å². The largest absolute Gasteiger partial charge is 0.481 e. The minimum atomic E-state index is -0.690. The van der Waals surface area contributed by atoms with Gasteiger partial charge in [0.2, 0.25) is 0 Å². The van der Waals surface area contributed by atoms with Crippen molar-refractivity contribution in [3.63, 3.8) is 0 Å². The van der Waals surface area contributed by atoms with Gasteiger partial charge in [-0.2, -0.15) is 9.97 Å². The summed E-state index contributed by atoms with van der Waals surface area (Å²) in [7, 11) is 1.46. The molecule has 6 aromatic rings. The van der Waals surface area contributed by atoms with Crippen LogP contribution >= 0.6 is 0 Å². The van der Waals surface area contributed by atoms with Crippen LogP contribution in [0, 0.1) is 11.8 Å². The van der Waals surface area contributed by atoms with Crippen LogP contribution < -0.4 is 9.47 Å². The first kappa shape index (κ1) is 42.7. The lowest BCUT2D eigenvalue weighted by molar-refractivity contribution is -0.142. The summed E-state index contributed by atoms with van der Waals surface area (Å²) in [5.74, 6) is 2.22. The number of aromatic nitrogens is 8. The summed E-state index contributed by atoms with van der Waals surface area (Å²) in [6, 6.07) is 25.5. The number of nitrogens with one attached hydrogen (secondary N) is 2. The quantitative estimate of drug-likeness (QED) is 0.0883. The minimum absolute atomic E-state index is 0.102. The first-order valence-corrected chi connectivity index (χ1v) is 21.3. The van der Waals surface area contributed by atoms with Crippen molar-refractivity contribution in [3.05, 3.63) is 96.6 Å². The number of pyridine rings is 2. The Labute approximate surface area is 356 Å². The van der Waals surface area contributed by atoms with Crippen LogP contribution in [0.25, 0.3) is 45.0 Å². The fraction of sp³-hybridized carbons (Fsp3) is 0.404.